The van der Waals surface area contributed by atoms with E-state index in [1.165, 1.54) is 11.5 Å². The van der Waals surface area contributed by atoms with Crippen molar-refractivity contribution in [1.29, 1.82) is 0 Å². The van der Waals surface area contributed by atoms with Crippen LogP contribution in [0.25, 0.3) is 10.1 Å². The van der Waals surface area contributed by atoms with E-state index in [0.29, 0.717) is 0 Å². The first-order chi connectivity index (χ1) is 7.18. The van der Waals surface area contributed by atoms with Crippen LogP contribution in [0.5, 0.6) is 0 Å². The Kier molecular flexibility index (Phi) is 3.80. The summed E-state index contributed by atoms with van der Waals surface area (Å²) in [5.74, 6) is -0.963. The van der Waals surface area contributed by atoms with Crippen LogP contribution in [0.1, 0.15) is 29.9 Å². The number of aromatic carboxylic acids is 1. The summed E-state index contributed by atoms with van der Waals surface area (Å²) in [6, 6.07) is 5.64. The highest BCUT2D eigenvalue weighted by atomic mass is 32.1. The fourth-order valence-corrected chi connectivity index (χ4v) is 2.07. The van der Waals surface area contributed by atoms with E-state index in [9.17, 15) is 4.79 Å². The van der Waals surface area contributed by atoms with E-state index in [0.717, 1.165) is 15.6 Å². The number of hydrogen-bond acceptors (Lipinski definition) is 3. The van der Waals surface area contributed by atoms with Gasteiger partial charge >= 0.3 is 5.97 Å². The highest BCUT2D eigenvalue weighted by molar-refractivity contribution is 7.13. The number of aromatic nitrogens is 1. The lowest BCUT2D eigenvalue weighted by atomic mass is 10.1. The van der Waals surface area contributed by atoms with Crippen LogP contribution in [0.15, 0.2) is 18.2 Å². The Morgan fingerprint density at radius 3 is 2.67 bits per heavy atom. The molecule has 0 bridgehead atoms. The van der Waals surface area contributed by atoms with Crippen molar-refractivity contribution in [2.45, 2.75) is 20.8 Å². The molecule has 3 nitrogen and oxygen atoms in total. The Morgan fingerprint density at radius 1 is 1.40 bits per heavy atom. The minimum absolute atomic E-state index is 0.153. The normalized spacial score (nSPS) is 9.53. The van der Waals surface area contributed by atoms with Crippen molar-refractivity contribution in [3.8, 4) is 0 Å². The average molecular weight is 223 g/mol. The summed E-state index contributed by atoms with van der Waals surface area (Å²) in [5.41, 5.74) is 1.27. The second-order valence-corrected chi connectivity index (χ2v) is 3.64. The molecular formula is C11H13NO2S. The Morgan fingerprint density at radius 2 is 2.07 bits per heavy atom. The lowest BCUT2D eigenvalue weighted by molar-refractivity contribution is 0.0694. The molecule has 4 heteroatoms. The minimum atomic E-state index is -0.963. The molecule has 1 aromatic carbocycles. The molecule has 0 unspecified atom stereocenters. The topological polar surface area (TPSA) is 50.2 Å². The molecule has 1 N–H and O–H groups in total. The summed E-state index contributed by atoms with van der Waals surface area (Å²) in [6.45, 7) is 5.97. The van der Waals surface area contributed by atoms with Gasteiger partial charge in [-0.25, -0.2) is 4.79 Å². The fraction of sp³-hybridized carbons (Fsp3) is 0.273. The lowest BCUT2D eigenvalue weighted by Crippen LogP contribution is -1.95. The van der Waals surface area contributed by atoms with Gasteiger partial charge in [0.05, 0.1) is 4.70 Å². The van der Waals surface area contributed by atoms with Crippen LogP contribution in [0, 0.1) is 6.92 Å². The smallest absolute Gasteiger partial charge is 0.356 e. The predicted octanol–water partition coefficient (Wildman–Crippen LogP) is 3.33. The Bertz CT molecular complexity index is 476. The molecule has 0 amide bonds. The molecule has 0 spiro atoms. The number of rotatable bonds is 1. The molecule has 0 radical (unpaired) electrons. The molecule has 0 aliphatic carbocycles. The molecule has 0 saturated heterocycles. The third kappa shape index (κ3) is 2.33. The third-order valence-electron chi connectivity index (χ3n) is 1.83. The van der Waals surface area contributed by atoms with Gasteiger partial charge in [-0.2, -0.15) is 4.37 Å². The number of hydrogen-bond donors (Lipinski definition) is 1. The van der Waals surface area contributed by atoms with Crippen LogP contribution in [-0.2, 0) is 0 Å². The van der Waals surface area contributed by atoms with E-state index < -0.39 is 5.97 Å². The van der Waals surface area contributed by atoms with Gasteiger partial charge in [0.25, 0.3) is 0 Å². The summed E-state index contributed by atoms with van der Waals surface area (Å²) in [5, 5.41) is 9.51. The number of fused-ring (bicyclic) bond motifs is 1. The first-order valence-corrected chi connectivity index (χ1v) is 5.55. The van der Waals surface area contributed by atoms with Gasteiger partial charge in [-0.1, -0.05) is 26.0 Å². The maximum absolute atomic E-state index is 10.7. The summed E-state index contributed by atoms with van der Waals surface area (Å²) in [4.78, 5) is 10.7. The van der Waals surface area contributed by atoms with Gasteiger partial charge in [0.2, 0.25) is 0 Å². The lowest BCUT2D eigenvalue weighted by Gasteiger charge is -1.91. The van der Waals surface area contributed by atoms with Crippen molar-refractivity contribution in [2.24, 2.45) is 0 Å². The van der Waals surface area contributed by atoms with E-state index in [4.69, 9.17) is 5.11 Å². The fourth-order valence-electron chi connectivity index (χ4n) is 1.20. The van der Waals surface area contributed by atoms with Crippen LogP contribution < -0.4 is 0 Å². The number of nitrogens with zero attached hydrogens (tertiary/aromatic N) is 1. The number of carbonyl (C=O) groups is 1. The number of aryl methyl sites for hydroxylation is 1. The van der Waals surface area contributed by atoms with Gasteiger partial charge in [-0.15, -0.1) is 0 Å². The standard InChI is InChI=1S/C9H7NO2S.C2H6/c1-5-2-3-6-7(4-5)13-10-8(6)9(11)12;1-2/h2-4H,1H3,(H,11,12);1-2H3. The second kappa shape index (κ2) is 4.89. The molecule has 1 aromatic heterocycles. The van der Waals surface area contributed by atoms with Crippen molar-refractivity contribution < 1.29 is 9.90 Å². The average Bonchev–Trinajstić information content (AvgIpc) is 2.63. The highest BCUT2D eigenvalue weighted by Gasteiger charge is 2.11. The minimum Gasteiger partial charge on any atom is -0.476 e. The highest BCUT2D eigenvalue weighted by Crippen LogP contribution is 2.23. The van der Waals surface area contributed by atoms with E-state index in [-0.39, 0.29) is 5.69 Å². The van der Waals surface area contributed by atoms with E-state index in [1.807, 2.05) is 32.9 Å². The summed E-state index contributed by atoms with van der Waals surface area (Å²) in [6.07, 6.45) is 0. The van der Waals surface area contributed by atoms with E-state index >= 15 is 0 Å². The Hall–Kier alpha value is -1.42. The molecule has 0 aliphatic rings. The zero-order valence-corrected chi connectivity index (χ0v) is 9.76. The molecule has 15 heavy (non-hydrogen) atoms. The zero-order chi connectivity index (χ0) is 11.4. The summed E-state index contributed by atoms with van der Waals surface area (Å²) >= 11 is 1.23. The van der Waals surface area contributed by atoms with Crippen molar-refractivity contribution in [3.05, 3.63) is 29.5 Å². The number of carboxylic acids is 1. The van der Waals surface area contributed by atoms with Gasteiger partial charge in [-0.05, 0) is 30.1 Å². The molecule has 80 valence electrons. The monoisotopic (exact) mass is 223 g/mol. The van der Waals surface area contributed by atoms with Crippen LogP contribution in [0.4, 0.5) is 0 Å². The predicted molar refractivity (Wildman–Crippen MR) is 62.7 cm³/mol. The van der Waals surface area contributed by atoms with Crippen LogP contribution in [0.3, 0.4) is 0 Å². The third-order valence-corrected chi connectivity index (χ3v) is 2.64. The van der Waals surface area contributed by atoms with Crippen molar-refractivity contribution in [3.63, 3.8) is 0 Å². The van der Waals surface area contributed by atoms with E-state index in [2.05, 4.69) is 4.37 Å². The molecule has 2 rings (SSSR count). The van der Waals surface area contributed by atoms with Gasteiger partial charge in [0.1, 0.15) is 0 Å². The Labute approximate surface area is 92.5 Å². The molecule has 2 aromatic rings. The molecule has 0 saturated carbocycles. The Balaban J connectivity index is 0.000000531. The van der Waals surface area contributed by atoms with E-state index in [1.54, 1.807) is 6.07 Å². The van der Waals surface area contributed by atoms with Gasteiger partial charge < -0.3 is 5.11 Å². The SMILES string of the molecule is CC.Cc1ccc2c(C(=O)O)nsc2c1. The number of benzene rings is 1. The zero-order valence-electron chi connectivity index (χ0n) is 8.94. The largest absolute Gasteiger partial charge is 0.476 e. The summed E-state index contributed by atoms with van der Waals surface area (Å²) < 4.78 is 4.81. The van der Waals surface area contributed by atoms with Crippen molar-refractivity contribution in [1.82, 2.24) is 4.37 Å². The van der Waals surface area contributed by atoms with Crippen LogP contribution in [-0.4, -0.2) is 15.4 Å². The molecule has 1 heterocycles. The van der Waals surface area contributed by atoms with Crippen molar-refractivity contribution in [2.75, 3.05) is 0 Å². The first kappa shape index (κ1) is 11.7. The number of carboxylic acid groups (broad SMARTS) is 1. The maximum atomic E-state index is 10.7. The van der Waals surface area contributed by atoms with Gasteiger partial charge in [0.15, 0.2) is 5.69 Å². The molecule has 0 atom stereocenters. The second-order valence-electron chi connectivity index (χ2n) is 2.84. The maximum Gasteiger partial charge on any atom is 0.356 e. The van der Waals surface area contributed by atoms with Gasteiger partial charge in [-0.3, -0.25) is 0 Å². The first-order valence-electron chi connectivity index (χ1n) is 4.78. The quantitative estimate of drug-likeness (QED) is 0.806. The van der Waals surface area contributed by atoms with Crippen LogP contribution >= 0.6 is 11.5 Å². The van der Waals surface area contributed by atoms with Gasteiger partial charge in [0, 0.05) is 5.39 Å². The van der Waals surface area contributed by atoms with Crippen molar-refractivity contribution >= 4 is 27.6 Å². The molecule has 0 fully saturated rings. The molecular weight excluding hydrogens is 210 g/mol. The van der Waals surface area contributed by atoms with Crippen LogP contribution in [0.2, 0.25) is 0 Å². The summed E-state index contributed by atoms with van der Waals surface area (Å²) in [7, 11) is 0. The molecule has 0 aliphatic heterocycles.